The highest BCUT2D eigenvalue weighted by atomic mass is 35.5. The van der Waals surface area contributed by atoms with Crippen LogP contribution in [0.3, 0.4) is 0 Å². The van der Waals surface area contributed by atoms with Crippen LogP contribution in [0.4, 0.5) is 5.69 Å². The van der Waals surface area contributed by atoms with Crippen LogP contribution in [0, 0.1) is 0 Å². The van der Waals surface area contributed by atoms with Crippen LogP contribution in [0.5, 0.6) is 0 Å². The summed E-state index contributed by atoms with van der Waals surface area (Å²) in [6.45, 7) is 2.10. The first-order chi connectivity index (χ1) is 14.0. The fourth-order valence-electron chi connectivity index (χ4n) is 2.79. The van der Waals surface area contributed by atoms with Crippen molar-refractivity contribution in [2.24, 2.45) is 4.99 Å². The molecule has 0 atom stereocenters. The first kappa shape index (κ1) is 19.8. The zero-order chi connectivity index (χ0) is 20.4. The Bertz CT molecular complexity index is 1130. The lowest BCUT2D eigenvalue weighted by atomic mass is 10.2. The molecule has 1 amide bonds. The van der Waals surface area contributed by atoms with E-state index in [1.54, 1.807) is 36.4 Å². The van der Waals surface area contributed by atoms with E-state index < -0.39 is 0 Å². The van der Waals surface area contributed by atoms with Gasteiger partial charge in [-0.2, -0.15) is 0 Å². The second kappa shape index (κ2) is 8.49. The standard InChI is InChI=1S/C22H16Cl2N2O2S/c1-2-13-3-6-15(7-4-13)25-22-26-21(27)20(29-22)12-16-8-10-19(28-16)17-11-14(23)5-9-18(17)24/h3-12H,2H2,1H3,(H,25,26,27)/b20-12-. The van der Waals surface area contributed by atoms with Gasteiger partial charge in [-0.15, -0.1) is 0 Å². The van der Waals surface area contributed by atoms with E-state index in [4.69, 9.17) is 27.6 Å². The number of hydrogen-bond acceptors (Lipinski definition) is 4. The normalized spacial score (nSPS) is 16.6. The maximum Gasteiger partial charge on any atom is 0.264 e. The van der Waals surface area contributed by atoms with E-state index in [1.807, 2.05) is 24.3 Å². The molecule has 4 rings (SSSR count). The third-order valence-corrected chi connectivity index (χ3v) is 5.79. The fraction of sp³-hybridized carbons (Fsp3) is 0.0909. The number of amides is 1. The number of carbonyl (C=O) groups is 1. The van der Waals surface area contributed by atoms with Crippen molar-refractivity contribution in [2.45, 2.75) is 13.3 Å². The molecule has 146 valence electrons. The molecule has 1 saturated heterocycles. The number of aliphatic imine (C=N–C) groups is 1. The second-order valence-corrected chi connectivity index (χ2v) is 8.20. The highest BCUT2D eigenvalue weighted by molar-refractivity contribution is 8.18. The minimum Gasteiger partial charge on any atom is -0.457 e. The highest BCUT2D eigenvalue weighted by Gasteiger charge is 2.24. The molecule has 0 radical (unpaired) electrons. The topological polar surface area (TPSA) is 54.6 Å². The van der Waals surface area contributed by atoms with Gasteiger partial charge >= 0.3 is 0 Å². The summed E-state index contributed by atoms with van der Waals surface area (Å²) >= 11 is 13.6. The molecule has 1 aromatic heterocycles. The summed E-state index contributed by atoms with van der Waals surface area (Å²) in [7, 11) is 0. The van der Waals surface area contributed by atoms with Crippen LogP contribution in [-0.2, 0) is 11.2 Å². The smallest absolute Gasteiger partial charge is 0.264 e. The van der Waals surface area contributed by atoms with Gasteiger partial charge in [0.05, 0.1) is 15.6 Å². The lowest BCUT2D eigenvalue weighted by molar-refractivity contribution is -0.115. The largest absolute Gasteiger partial charge is 0.457 e. The fourth-order valence-corrected chi connectivity index (χ4v) is 4.00. The molecular weight excluding hydrogens is 427 g/mol. The zero-order valence-electron chi connectivity index (χ0n) is 15.4. The Morgan fingerprint density at radius 1 is 1.10 bits per heavy atom. The Kier molecular flexibility index (Phi) is 5.81. The van der Waals surface area contributed by atoms with E-state index in [-0.39, 0.29) is 5.91 Å². The van der Waals surface area contributed by atoms with Gasteiger partial charge < -0.3 is 9.73 Å². The Hall–Kier alpha value is -2.47. The molecular formula is C22H16Cl2N2O2S. The van der Waals surface area contributed by atoms with Gasteiger partial charge in [0.2, 0.25) is 0 Å². The molecule has 1 aliphatic heterocycles. The summed E-state index contributed by atoms with van der Waals surface area (Å²) in [5, 5.41) is 4.43. The van der Waals surface area contributed by atoms with Crippen molar-refractivity contribution in [1.82, 2.24) is 5.32 Å². The Labute approximate surface area is 182 Å². The molecule has 0 spiro atoms. The number of amidine groups is 1. The average molecular weight is 443 g/mol. The molecule has 2 aromatic carbocycles. The van der Waals surface area contributed by atoms with E-state index in [2.05, 4.69) is 17.2 Å². The quantitative estimate of drug-likeness (QED) is 0.456. The van der Waals surface area contributed by atoms with Crippen LogP contribution in [0.25, 0.3) is 17.4 Å². The van der Waals surface area contributed by atoms with Gasteiger partial charge in [-0.25, -0.2) is 4.99 Å². The SMILES string of the molecule is CCc1ccc(N=C2NC(=O)/C(=C/c3ccc(-c4cc(Cl)ccc4Cl)o3)S2)cc1. The molecule has 1 fully saturated rings. The van der Waals surface area contributed by atoms with Gasteiger partial charge in [-0.1, -0.05) is 42.3 Å². The summed E-state index contributed by atoms with van der Waals surface area (Å²) < 4.78 is 5.84. The van der Waals surface area contributed by atoms with Crippen LogP contribution in [-0.4, -0.2) is 11.1 Å². The lowest BCUT2D eigenvalue weighted by Crippen LogP contribution is -2.19. The lowest BCUT2D eigenvalue weighted by Gasteiger charge is -2.01. The average Bonchev–Trinajstić information content (AvgIpc) is 3.31. The molecule has 1 aliphatic rings. The van der Waals surface area contributed by atoms with Gasteiger partial charge in [0.1, 0.15) is 11.5 Å². The molecule has 1 N–H and O–H groups in total. The minimum atomic E-state index is -0.210. The van der Waals surface area contributed by atoms with Crippen LogP contribution >= 0.6 is 35.0 Å². The molecule has 29 heavy (non-hydrogen) atoms. The third kappa shape index (κ3) is 4.58. The number of benzene rings is 2. The Balaban J connectivity index is 1.54. The van der Waals surface area contributed by atoms with Crippen molar-refractivity contribution in [1.29, 1.82) is 0 Å². The van der Waals surface area contributed by atoms with E-state index >= 15 is 0 Å². The zero-order valence-corrected chi connectivity index (χ0v) is 17.7. The number of carbonyl (C=O) groups excluding carboxylic acids is 1. The summed E-state index contributed by atoms with van der Waals surface area (Å²) in [5.41, 5.74) is 2.73. The van der Waals surface area contributed by atoms with Crippen molar-refractivity contribution in [3.05, 3.63) is 80.9 Å². The van der Waals surface area contributed by atoms with Crippen LogP contribution < -0.4 is 5.32 Å². The summed E-state index contributed by atoms with van der Waals surface area (Å²) in [4.78, 5) is 17.3. The Morgan fingerprint density at radius 2 is 1.90 bits per heavy atom. The van der Waals surface area contributed by atoms with Gasteiger partial charge in [0, 0.05) is 16.7 Å². The molecule has 0 aliphatic carbocycles. The van der Waals surface area contributed by atoms with E-state index in [0.29, 0.717) is 37.2 Å². The number of rotatable bonds is 4. The number of furan rings is 1. The van der Waals surface area contributed by atoms with Crippen LogP contribution in [0.2, 0.25) is 10.0 Å². The Morgan fingerprint density at radius 3 is 2.66 bits per heavy atom. The second-order valence-electron chi connectivity index (χ2n) is 6.33. The third-order valence-electron chi connectivity index (χ3n) is 4.32. The van der Waals surface area contributed by atoms with E-state index in [1.165, 1.54) is 17.3 Å². The maximum atomic E-state index is 12.3. The molecule has 3 aromatic rings. The number of aryl methyl sites for hydroxylation is 1. The van der Waals surface area contributed by atoms with E-state index in [0.717, 1.165) is 12.1 Å². The summed E-state index contributed by atoms with van der Waals surface area (Å²) in [6, 6.07) is 16.7. The molecule has 2 heterocycles. The van der Waals surface area contributed by atoms with Gasteiger partial charge in [0.15, 0.2) is 5.17 Å². The molecule has 7 heteroatoms. The van der Waals surface area contributed by atoms with Crippen molar-refractivity contribution >= 4 is 57.8 Å². The van der Waals surface area contributed by atoms with E-state index in [9.17, 15) is 4.79 Å². The van der Waals surface area contributed by atoms with Crippen molar-refractivity contribution in [2.75, 3.05) is 0 Å². The number of thioether (sulfide) groups is 1. The van der Waals surface area contributed by atoms with Gasteiger partial charge in [-0.3, -0.25) is 4.79 Å². The predicted octanol–water partition coefficient (Wildman–Crippen LogP) is 6.71. The minimum absolute atomic E-state index is 0.210. The number of hydrogen-bond donors (Lipinski definition) is 1. The first-order valence-electron chi connectivity index (χ1n) is 8.95. The summed E-state index contributed by atoms with van der Waals surface area (Å²) in [5.74, 6) is 0.914. The monoisotopic (exact) mass is 442 g/mol. The highest BCUT2D eigenvalue weighted by Crippen LogP contribution is 2.34. The molecule has 4 nitrogen and oxygen atoms in total. The molecule has 0 saturated carbocycles. The summed E-state index contributed by atoms with van der Waals surface area (Å²) in [6.07, 6.45) is 2.66. The number of nitrogens with zero attached hydrogens (tertiary/aromatic N) is 1. The first-order valence-corrected chi connectivity index (χ1v) is 10.5. The number of halogens is 2. The van der Waals surface area contributed by atoms with Crippen LogP contribution in [0.15, 0.2) is 68.9 Å². The number of nitrogens with one attached hydrogen (secondary N) is 1. The van der Waals surface area contributed by atoms with Crippen molar-refractivity contribution < 1.29 is 9.21 Å². The van der Waals surface area contributed by atoms with Gasteiger partial charge in [-0.05, 0) is 66.2 Å². The molecule has 0 unspecified atom stereocenters. The van der Waals surface area contributed by atoms with Crippen molar-refractivity contribution in [3.8, 4) is 11.3 Å². The van der Waals surface area contributed by atoms with Crippen LogP contribution in [0.1, 0.15) is 18.2 Å². The van der Waals surface area contributed by atoms with Crippen molar-refractivity contribution in [3.63, 3.8) is 0 Å². The van der Waals surface area contributed by atoms with Gasteiger partial charge in [0.25, 0.3) is 5.91 Å². The molecule has 0 bridgehead atoms. The maximum absolute atomic E-state index is 12.3. The predicted molar refractivity (Wildman–Crippen MR) is 121 cm³/mol.